The number of primary amides is 1. The number of carbonyl (C=O) groups excluding carboxylic acids is 2. The van der Waals surface area contributed by atoms with E-state index in [1.54, 1.807) is 26.0 Å². The first kappa shape index (κ1) is 12.2. The molecule has 0 aliphatic carbocycles. The molecular weight excluding hydrogens is 208 g/mol. The number of hydrogen-bond donors (Lipinski definition) is 1. The molecule has 0 aliphatic rings. The second kappa shape index (κ2) is 5.25. The van der Waals surface area contributed by atoms with E-state index in [0.717, 1.165) is 0 Å². The minimum Gasteiger partial charge on any atom is -0.459 e. The van der Waals surface area contributed by atoms with E-state index in [1.165, 1.54) is 6.07 Å². The van der Waals surface area contributed by atoms with E-state index in [2.05, 4.69) is 4.98 Å². The topological polar surface area (TPSA) is 82.3 Å². The van der Waals surface area contributed by atoms with Crippen LogP contribution in [-0.2, 0) is 16.1 Å². The Morgan fingerprint density at radius 2 is 2.12 bits per heavy atom. The van der Waals surface area contributed by atoms with Gasteiger partial charge in [-0.25, -0.2) is 4.98 Å². The smallest absolute Gasteiger partial charge is 0.308 e. The summed E-state index contributed by atoms with van der Waals surface area (Å²) in [4.78, 5) is 26.0. The van der Waals surface area contributed by atoms with E-state index in [-0.39, 0.29) is 24.2 Å². The van der Waals surface area contributed by atoms with Crippen molar-refractivity contribution >= 4 is 11.9 Å². The van der Waals surface area contributed by atoms with E-state index < -0.39 is 5.91 Å². The fraction of sp³-hybridized carbons (Fsp3) is 0.364. The van der Waals surface area contributed by atoms with Crippen molar-refractivity contribution < 1.29 is 14.3 Å². The Labute approximate surface area is 93.6 Å². The van der Waals surface area contributed by atoms with Crippen LogP contribution in [0.1, 0.15) is 30.0 Å². The summed E-state index contributed by atoms with van der Waals surface area (Å²) in [5.41, 5.74) is 5.75. The number of aromatic nitrogens is 1. The molecule has 0 saturated carbocycles. The Kier molecular flexibility index (Phi) is 3.99. The van der Waals surface area contributed by atoms with Crippen molar-refractivity contribution in [1.29, 1.82) is 0 Å². The minimum absolute atomic E-state index is 0.0537. The third-order valence-corrected chi connectivity index (χ3v) is 1.89. The molecule has 0 spiro atoms. The Hall–Kier alpha value is -1.91. The van der Waals surface area contributed by atoms with Crippen LogP contribution in [0.15, 0.2) is 18.2 Å². The van der Waals surface area contributed by atoms with Crippen LogP contribution in [0.2, 0.25) is 0 Å². The highest BCUT2D eigenvalue weighted by Gasteiger charge is 2.09. The maximum absolute atomic E-state index is 11.2. The van der Waals surface area contributed by atoms with Gasteiger partial charge in [0.25, 0.3) is 5.91 Å². The van der Waals surface area contributed by atoms with Crippen molar-refractivity contribution in [3.8, 4) is 0 Å². The summed E-state index contributed by atoms with van der Waals surface area (Å²) >= 11 is 0. The zero-order valence-electron chi connectivity index (χ0n) is 9.27. The Balaban J connectivity index is 2.64. The third-order valence-electron chi connectivity index (χ3n) is 1.89. The van der Waals surface area contributed by atoms with E-state index in [1.807, 2.05) is 0 Å². The van der Waals surface area contributed by atoms with E-state index >= 15 is 0 Å². The Bertz CT molecular complexity index is 402. The molecule has 1 heterocycles. The van der Waals surface area contributed by atoms with Gasteiger partial charge in [0.1, 0.15) is 12.3 Å². The lowest BCUT2D eigenvalue weighted by atomic mass is 10.2. The Morgan fingerprint density at radius 3 is 2.69 bits per heavy atom. The number of carbonyl (C=O) groups is 2. The third kappa shape index (κ3) is 3.34. The van der Waals surface area contributed by atoms with Gasteiger partial charge in [-0.3, -0.25) is 9.59 Å². The molecule has 16 heavy (non-hydrogen) atoms. The van der Waals surface area contributed by atoms with Crippen molar-refractivity contribution in [2.45, 2.75) is 20.5 Å². The van der Waals surface area contributed by atoms with Crippen molar-refractivity contribution in [3.63, 3.8) is 0 Å². The average molecular weight is 222 g/mol. The van der Waals surface area contributed by atoms with Gasteiger partial charge in [0, 0.05) is 0 Å². The number of amides is 1. The van der Waals surface area contributed by atoms with Crippen molar-refractivity contribution in [3.05, 3.63) is 29.6 Å². The average Bonchev–Trinajstić information content (AvgIpc) is 2.26. The van der Waals surface area contributed by atoms with Gasteiger partial charge in [-0.1, -0.05) is 19.9 Å². The number of hydrogen-bond acceptors (Lipinski definition) is 4. The van der Waals surface area contributed by atoms with Crippen LogP contribution in [0, 0.1) is 5.92 Å². The molecule has 5 heteroatoms. The highest BCUT2D eigenvalue weighted by atomic mass is 16.5. The molecule has 1 rings (SSSR count). The second-order valence-corrected chi connectivity index (χ2v) is 3.64. The van der Waals surface area contributed by atoms with Gasteiger partial charge < -0.3 is 10.5 Å². The molecule has 0 radical (unpaired) electrons. The molecule has 1 aromatic heterocycles. The first-order chi connectivity index (χ1) is 7.50. The quantitative estimate of drug-likeness (QED) is 0.766. The molecule has 0 fully saturated rings. The largest absolute Gasteiger partial charge is 0.459 e. The molecule has 0 unspecified atom stereocenters. The van der Waals surface area contributed by atoms with E-state index in [0.29, 0.717) is 5.69 Å². The molecule has 1 amide bonds. The monoisotopic (exact) mass is 222 g/mol. The highest BCUT2D eigenvalue weighted by molar-refractivity contribution is 5.90. The minimum atomic E-state index is -0.600. The molecule has 1 aromatic rings. The molecule has 0 saturated heterocycles. The Morgan fingerprint density at radius 1 is 1.44 bits per heavy atom. The molecule has 0 aromatic carbocycles. The summed E-state index contributed by atoms with van der Waals surface area (Å²) in [5.74, 6) is -1.08. The van der Waals surface area contributed by atoms with E-state index in [4.69, 9.17) is 10.5 Å². The maximum atomic E-state index is 11.2. The van der Waals surface area contributed by atoms with Gasteiger partial charge in [-0.2, -0.15) is 0 Å². The lowest BCUT2D eigenvalue weighted by Gasteiger charge is -2.06. The van der Waals surface area contributed by atoms with Crippen molar-refractivity contribution in [1.82, 2.24) is 4.98 Å². The van der Waals surface area contributed by atoms with Crippen LogP contribution in [0.25, 0.3) is 0 Å². The van der Waals surface area contributed by atoms with Crippen LogP contribution in [0.4, 0.5) is 0 Å². The van der Waals surface area contributed by atoms with Gasteiger partial charge >= 0.3 is 5.97 Å². The summed E-state index contributed by atoms with van der Waals surface area (Å²) < 4.78 is 4.97. The number of ether oxygens (including phenoxy) is 1. The maximum Gasteiger partial charge on any atom is 0.308 e. The molecule has 5 nitrogen and oxygen atoms in total. The number of esters is 1. The molecule has 86 valence electrons. The number of pyridine rings is 1. The standard InChI is InChI=1S/C11H14N2O3/c1-7(2)11(15)16-6-8-4-3-5-9(13-8)10(12)14/h3-5,7H,6H2,1-2H3,(H2,12,14). The van der Waals surface area contributed by atoms with Gasteiger partial charge in [0.15, 0.2) is 0 Å². The molecule has 0 bridgehead atoms. The molecular formula is C11H14N2O3. The summed E-state index contributed by atoms with van der Waals surface area (Å²) in [6, 6.07) is 4.82. The number of rotatable bonds is 4. The van der Waals surface area contributed by atoms with Crippen LogP contribution in [-0.4, -0.2) is 16.9 Å². The zero-order chi connectivity index (χ0) is 12.1. The van der Waals surface area contributed by atoms with Crippen LogP contribution >= 0.6 is 0 Å². The van der Waals surface area contributed by atoms with Gasteiger partial charge in [0.2, 0.25) is 0 Å². The first-order valence-corrected chi connectivity index (χ1v) is 4.93. The van der Waals surface area contributed by atoms with Gasteiger partial charge in [-0.15, -0.1) is 0 Å². The van der Waals surface area contributed by atoms with Gasteiger partial charge in [-0.05, 0) is 12.1 Å². The summed E-state index contributed by atoms with van der Waals surface area (Å²) in [5, 5.41) is 0. The van der Waals surface area contributed by atoms with Crippen molar-refractivity contribution in [2.24, 2.45) is 11.7 Å². The lowest BCUT2D eigenvalue weighted by molar-refractivity contribution is -0.148. The van der Waals surface area contributed by atoms with Gasteiger partial charge in [0.05, 0.1) is 11.6 Å². The van der Waals surface area contributed by atoms with Crippen LogP contribution < -0.4 is 5.73 Å². The number of nitrogens with two attached hydrogens (primary N) is 1. The predicted molar refractivity (Wildman–Crippen MR) is 57.4 cm³/mol. The predicted octanol–water partition coefficient (Wildman–Crippen LogP) is 0.880. The fourth-order valence-corrected chi connectivity index (χ4v) is 1.01. The van der Waals surface area contributed by atoms with Crippen molar-refractivity contribution in [2.75, 3.05) is 0 Å². The highest BCUT2D eigenvalue weighted by Crippen LogP contribution is 2.03. The lowest BCUT2D eigenvalue weighted by Crippen LogP contribution is -2.15. The first-order valence-electron chi connectivity index (χ1n) is 4.93. The second-order valence-electron chi connectivity index (χ2n) is 3.64. The van der Waals surface area contributed by atoms with Crippen LogP contribution in [0.5, 0.6) is 0 Å². The fourth-order valence-electron chi connectivity index (χ4n) is 1.01. The summed E-state index contributed by atoms with van der Waals surface area (Å²) in [7, 11) is 0. The zero-order valence-corrected chi connectivity index (χ0v) is 9.27. The normalized spacial score (nSPS) is 10.2. The molecule has 0 aliphatic heterocycles. The number of nitrogens with zero attached hydrogens (tertiary/aromatic N) is 1. The molecule has 2 N–H and O–H groups in total. The molecule has 0 atom stereocenters. The van der Waals surface area contributed by atoms with E-state index in [9.17, 15) is 9.59 Å². The van der Waals surface area contributed by atoms with Crippen LogP contribution in [0.3, 0.4) is 0 Å². The summed E-state index contributed by atoms with van der Waals surface area (Å²) in [6.45, 7) is 3.54. The SMILES string of the molecule is CC(C)C(=O)OCc1cccc(C(N)=O)n1. The summed E-state index contributed by atoms with van der Waals surface area (Å²) in [6.07, 6.45) is 0.